The Bertz CT molecular complexity index is 356. The minimum absolute atomic E-state index is 0.391. The van der Waals surface area contributed by atoms with E-state index in [9.17, 15) is 0 Å². The van der Waals surface area contributed by atoms with Crippen LogP contribution in [0.3, 0.4) is 0 Å². The fraction of sp³-hybridized carbons (Fsp3) is 0.400. The van der Waals surface area contributed by atoms with Gasteiger partial charge in [-0.1, -0.05) is 27.5 Å². The van der Waals surface area contributed by atoms with Crippen LogP contribution < -0.4 is 10.1 Å². The Hall–Kier alpha value is -0.410. The first-order valence-corrected chi connectivity index (χ1v) is 5.77. The van der Waals surface area contributed by atoms with Crippen molar-refractivity contribution in [3.05, 3.63) is 22.7 Å². The zero-order valence-corrected chi connectivity index (χ0v) is 10.2. The van der Waals surface area contributed by atoms with E-state index in [0.29, 0.717) is 9.85 Å². The number of fused-ring (bicyclic) bond motifs is 1. The molecule has 1 aromatic carbocycles. The summed E-state index contributed by atoms with van der Waals surface area (Å²) in [5.74, 6) is 0.722. The van der Waals surface area contributed by atoms with E-state index in [0.717, 1.165) is 24.4 Å². The molecule has 0 aromatic heterocycles. The number of rotatable bonds is 1. The summed E-state index contributed by atoms with van der Waals surface area (Å²) in [6, 6.07) is 3.91. The van der Waals surface area contributed by atoms with Crippen LogP contribution in [0, 0.1) is 0 Å². The minimum atomic E-state index is 0.391. The zero-order valence-electron chi connectivity index (χ0n) is 7.81. The molecule has 1 unspecified atom stereocenters. The lowest BCUT2D eigenvalue weighted by Gasteiger charge is -2.23. The van der Waals surface area contributed by atoms with Gasteiger partial charge in [0, 0.05) is 23.1 Å². The molecule has 1 aromatic rings. The Balaban J connectivity index is 2.48. The largest absolute Gasteiger partial charge is 0.495 e. The van der Waals surface area contributed by atoms with Crippen LogP contribution in [-0.2, 0) is 0 Å². The number of hydrogen-bond acceptors (Lipinski definition) is 2. The molecule has 1 heterocycles. The van der Waals surface area contributed by atoms with Crippen molar-refractivity contribution >= 4 is 33.2 Å². The van der Waals surface area contributed by atoms with Gasteiger partial charge in [0.1, 0.15) is 5.75 Å². The van der Waals surface area contributed by atoms with Gasteiger partial charge < -0.3 is 10.1 Å². The predicted octanol–water partition coefficient (Wildman–Crippen LogP) is 3.60. The van der Waals surface area contributed by atoms with Crippen molar-refractivity contribution in [3.63, 3.8) is 0 Å². The smallest absolute Gasteiger partial charge is 0.139 e. The van der Waals surface area contributed by atoms with E-state index in [1.807, 2.05) is 12.1 Å². The molecule has 0 fully saturated rings. The summed E-state index contributed by atoms with van der Waals surface area (Å²) in [4.78, 5) is 0.391. The maximum Gasteiger partial charge on any atom is 0.139 e. The van der Waals surface area contributed by atoms with Gasteiger partial charge in [-0.15, -0.1) is 0 Å². The molecular weight excluding hydrogens is 265 g/mol. The van der Waals surface area contributed by atoms with Crippen molar-refractivity contribution < 1.29 is 4.74 Å². The highest BCUT2D eigenvalue weighted by atomic mass is 79.9. The fourth-order valence-electron chi connectivity index (χ4n) is 1.63. The Kier molecular flexibility index (Phi) is 2.88. The maximum absolute atomic E-state index is 6.05. The molecular formula is C10H11BrClNO. The first-order chi connectivity index (χ1) is 6.72. The van der Waals surface area contributed by atoms with Crippen LogP contribution in [0.15, 0.2) is 12.1 Å². The summed E-state index contributed by atoms with van der Waals surface area (Å²) in [6.07, 6.45) is 1.08. The average Bonchev–Trinajstić information content (AvgIpc) is 2.19. The number of benzene rings is 1. The summed E-state index contributed by atoms with van der Waals surface area (Å²) in [5.41, 5.74) is 2.32. The lowest BCUT2D eigenvalue weighted by Crippen LogP contribution is -2.13. The molecule has 1 N–H and O–H groups in total. The van der Waals surface area contributed by atoms with Crippen LogP contribution in [-0.4, -0.2) is 13.7 Å². The van der Waals surface area contributed by atoms with Crippen LogP contribution in [0.2, 0.25) is 5.02 Å². The van der Waals surface area contributed by atoms with Gasteiger partial charge >= 0.3 is 0 Å². The highest BCUT2D eigenvalue weighted by Gasteiger charge is 2.19. The predicted molar refractivity (Wildman–Crippen MR) is 62.8 cm³/mol. The minimum Gasteiger partial charge on any atom is -0.495 e. The Morgan fingerprint density at radius 2 is 2.36 bits per heavy atom. The van der Waals surface area contributed by atoms with Crippen molar-refractivity contribution in [1.82, 2.24) is 0 Å². The van der Waals surface area contributed by atoms with Gasteiger partial charge in [-0.05, 0) is 18.1 Å². The van der Waals surface area contributed by atoms with Crippen LogP contribution in [0.4, 0.5) is 5.69 Å². The van der Waals surface area contributed by atoms with Crippen molar-refractivity contribution in [2.45, 2.75) is 11.2 Å². The number of hydrogen-bond donors (Lipinski definition) is 1. The maximum atomic E-state index is 6.05. The van der Waals surface area contributed by atoms with E-state index >= 15 is 0 Å². The van der Waals surface area contributed by atoms with E-state index in [4.69, 9.17) is 16.3 Å². The Labute approximate surface area is 96.7 Å². The first kappa shape index (κ1) is 10.1. The van der Waals surface area contributed by atoms with Crippen molar-refractivity contribution in [2.24, 2.45) is 0 Å². The van der Waals surface area contributed by atoms with Gasteiger partial charge in [0.25, 0.3) is 0 Å². The topological polar surface area (TPSA) is 21.3 Å². The quantitative estimate of drug-likeness (QED) is 0.791. The molecule has 0 radical (unpaired) electrons. The Morgan fingerprint density at radius 1 is 1.57 bits per heavy atom. The number of methoxy groups -OCH3 is 1. The molecule has 4 heteroatoms. The zero-order chi connectivity index (χ0) is 10.1. The van der Waals surface area contributed by atoms with Crippen molar-refractivity contribution in [1.29, 1.82) is 0 Å². The number of ether oxygens (including phenoxy) is 1. The number of halogens is 2. The Morgan fingerprint density at radius 3 is 3.07 bits per heavy atom. The van der Waals surface area contributed by atoms with Crippen LogP contribution in [0.1, 0.15) is 16.8 Å². The van der Waals surface area contributed by atoms with E-state index in [1.165, 1.54) is 5.56 Å². The van der Waals surface area contributed by atoms with Crippen molar-refractivity contribution in [3.8, 4) is 5.75 Å². The van der Waals surface area contributed by atoms with Gasteiger partial charge in [0.05, 0.1) is 12.1 Å². The SMILES string of the molecule is COc1cc2c(cc1Cl)C(Br)CCN2. The van der Waals surface area contributed by atoms with Crippen LogP contribution >= 0.6 is 27.5 Å². The molecule has 0 aliphatic carbocycles. The molecule has 2 rings (SSSR count). The molecule has 2 nitrogen and oxygen atoms in total. The summed E-state index contributed by atoms with van der Waals surface area (Å²) in [7, 11) is 1.63. The molecule has 0 saturated carbocycles. The van der Waals surface area contributed by atoms with Gasteiger partial charge in [-0.3, -0.25) is 0 Å². The van der Waals surface area contributed by atoms with Gasteiger partial charge in [0.2, 0.25) is 0 Å². The molecule has 0 saturated heterocycles. The second-order valence-electron chi connectivity index (χ2n) is 3.26. The van der Waals surface area contributed by atoms with Gasteiger partial charge in [-0.2, -0.15) is 0 Å². The van der Waals surface area contributed by atoms with Gasteiger partial charge in [0.15, 0.2) is 0 Å². The summed E-state index contributed by atoms with van der Waals surface area (Å²) >= 11 is 9.68. The molecule has 0 amide bonds. The highest BCUT2D eigenvalue weighted by molar-refractivity contribution is 9.09. The van der Waals surface area contributed by atoms with E-state index in [2.05, 4.69) is 21.2 Å². The lowest BCUT2D eigenvalue weighted by atomic mass is 10.0. The molecule has 0 bridgehead atoms. The average molecular weight is 277 g/mol. The molecule has 1 aliphatic rings. The summed E-state index contributed by atoms with van der Waals surface area (Å²) in [6.45, 7) is 0.980. The monoisotopic (exact) mass is 275 g/mol. The van der Waals surface area contributed by atoms with E-state index in [-0.39, 0.29) is 0 Å². The molecule has 1 atom stereocenters. The molecule has 1 aliphatic heterocycles. The van der Waals surface area contributed by atoms with Crippen LogP contribution in [0.5, 0.6) is 5.75 Å². The van der Waals surface area contributed by atoms with Crippen molar-refractivity contribution in [2.75, 3.05) is 19.0 Å². The highest BCUT2D eigenvalue weighted by Crippen LogP contribution is 2.40. The summed E-state index contributed by atoms with van der Waals surface area (Å²) in [5, 5.41) is 3.99. The van der Waals surface area contributed by atoms with E-state index < -0.39 is 0 Å². The lowest BCUT2D eigenvalue weighted by molar-refractivity contribution is 0.415. The summed E-state index contributed by atoms with van der Waals surface area (Å²) < 4.78 is 5.16. The number of anilines is 1. The normalized spacial score (nSPS) is 19.8. The molecule has 0 spiro atoms. The van der Waals surface area contributed by atoms with E-state index in [1.54, 1.807) is 7.11 Å². The number of alkyl halides is 1. The fourth-order valence-corrected chi connectivity index (χ4v) is 2.48. The van der Waals surface area contributed by atoms with Crippen LogP contribution in [0.25, 0.3) is 0 Å². The first-order valence-electron chi connectivity index (χ1n) is 4.47. The third kappa shape index (κ3) is 1.71. The standard InChI is InChI=1S/C10H11BrClNO/c1-14-10-5-9-6(4-8(10)12)7(11)2-3-13-9/h4-5,7,13H,2-3H2,1H3. The second-order valence-corrected chi connectivity index (χ2v) is 4.77. The van der Waals surface area contributed by atoms with Gasteiger partial charge in [-0.25, -0.2) is 0 Å². The number of nitrogens with one attached hydrogen (secondary N) is 1. The molecule has 76 valence electrons. The molecule has 14 heavy (non-hydrogen) atoms. The third-order valence-corrected chi connectivity index (χ3v) is 3.62. The third-order valence-electron chi connectivity index (χ3n) is 2.37. The second kappa shape index (κ2) is 3.99.